The molecule has 156 valence electrons. The molecule has 0 fully saturated rings. The van der Waals surface area contributed by atoms with Crippen molar-refractivity contribution in [3.63, 3.8) is 0 Å². The van der Waals surface area contributed by atoms with Crippen molar-refractivity contribution >= 4 is 11.0 Å². The van der Waals surface area contributed by atoms with Crippen molar-refractivity contribution < 1.29 is 13.9 Å². The van der Waals surface area contributed by atoms with Crippen LogP contribution in [0.25, 0.3) is 11.0 Å². The van der Waals surface area contributed by atoms with Crippen molar-refractivity contribution in [1.82, 2.24) is 4.90 Å². The van der Waals surface area contributed by atoms with Crippen molar-refractivity contribution in [2.75, 3.05) is 14.2 Å². The molecule has 1 aromatic heterocycles. The van der Waals surface area contributed by atoms with Crippen molar-refractivity contribution in [3.8, 4) is 23.3 Å². The molecule has 4 aromatic rings. The van der Waals surface area contributed by atoms with Crippen molar-refractivity contribution in [1.29, 1.82) is 5.26 Å². The molecule has 0 aliphatic heterocycles. The Labute approximate surface area is 182 Å². The molecular weight excluding hydrogens is 388 g/mol. The highest BCUT2D eigenvalue weighted by Gasteiger charge is 2.17. The molecule has 0 aliphatic carbocycles. The summed E-state index contributed by atoms with van der Waals surface area (Å²) in [6, 6.07) is 23.2. The maximum atomic E-state index is 8.97. The molecule has 3 aromatic carbocycles. The van der Waals surface area contributed by atoms with Crippen molar-refractivity contribution in [2.24, 2.45) is 0 Å². The third-order valence-corrected chi connectivity index (χ3v) is 5.23. The Bertz CT molecular complexity index is 1220. The van der Waals surface area contributed by atoms with Crippen molar-refractivity contribution in [3.05, 3.63) is 89.2 Å². The van der Waals surface area contributed by atoms with Gasteiger partial charge in [-0.1, -0.05) is 24.3 Å². The molecule has 5 heteroatoms. The Morgan fingerprint density at radius 2 is 1.65 bits per heavy atom. The van der Waals surface area contributed by atoms with Gasteiger partial charge in [0.1, 0.15) is 17.3 Å². The third-order valence-electron chi connectivity index (χ3n) is 5.23. The van der Waals surface area contributed by atoms with Crippen LogP contribution in [0.3, 0.4) is 0 Å². The minimum Gasteiger partial charge on any atom is -0.497 e. The zero-order chi connectivity index (χ0) is 21.8. The lowest BCUT2D eigenvalue weighted by molar-refractivity contribution is 0.317. The number of nitriles is 1. The van der Waals surface area contributed by atoms with E-state index in [1.165, 1.54) is 5.56 Å². The number of rotatable bonds is 7. The smallest absolute Gasteiger partial charge is 0.177 e. The topological polar surface area (TPSA) is 58.6 Å². The number of furan rings is 1. The lowest BCUT2D eigenvalue weighted by Crippen LogP contribution is -2.17. The second kappa shape index (κ2) is 8.95. The molecule has 0 N–H and O–H groups in total. The van der Waals surface area contributed by atoms with Crippen LogP contribution in [0, 0.1) is 18.3 Å². The average molecular weight is 412 g/mol. The maximum absolute atomic E-state index is 8.97. The van der Waals surface area contributed by atoms with Gasteiger partial charge in [-0.15, -0.1) is 0 Å². The van der Waals surface area contributed by atoms with Gasteiger partial charge in [-0.05, 0) is 62.0 Å². The fourth-order valence-electron chi connectivity index (χ4n) is 3.63. The summed E-state index contributed by atoms with van der Waals surface area (Å²) in [6.07, 6.45) is 0. The first-order valence-electron chi connectivity index (χ1n) is 10.1. The van der Waals surface area contributed by atoms with Crippen LogP contribution in [0.15, 0.2) is 71.1 Å². The molecule has 0 saturated heterocycles. The minimum absolute atomic E-state index is 0.599. The Balaban J connectivity index is 1.55. The lowest BCUT2D eigenvalue weighted by Gasteiger charge is -2.17. The van der Waals surface area contributed by atoms with Crippen LogP contribution < -0.4 is 9.47 Å². The monoisotopic (exact) mass is 412 g/mol. The van der Waals surface area contributed by atoms with Crippen LogP contribution >= 0.6 is 0 Å². The lowest BCUT2D eigenvalue weighted by atomic mass is 10.1. The maximum Gasteiger partial charge on any atom is 0.177 e. The van der Waals surface area contributed by atoms with Gasteiger partial charge >= 0.3 is 0 Å². The summed E-state index contributed by atoms with van der Waals surface area (Å²) in [6.45, 7) is 3.56. The quantitative estimate of drug-likeness (QED) is 0.370. The fourth-order valence-corrected chi connectivity index (χ4v) is 3.63. The van der Waals surface area contributed by atoms with Gasteiger partial charge in [0.25, 0.3) is 0 Å². The van der Waals surface area contributed by atoms with E-state index in [4.69, 9.17) is 19.2 Å². The number of aryl methyl sites for hydroxylation is 1. The number of hydrogen-bond donors (Lipinski definition) is 0. The molecule has 0 spiro atoms. The molecule has 0 aliphatic rings. The zero-order valence-corrected chi connectivity index (χ0v) is 17.9. The number of methoxy groups -OCH3 is 1. The molecule has 0 amide bonds. The largest absolute Gasteiger partial charge is 0.497 e. The van der Waals surface area contributed by atoms with E-state index in [9.17, 15) is 0 Å². The first kappa shape index (κ1) is 20.5. The van der Waals surface area contributed by atoms with E-state index >= 15 is 0 Å². The van der Waals surface area contributed by atoms with Crippen LogP contribution in [0.2, 0.25) is 0 Å². The Hall–Kier alpha value is -3.75. The number of benzene rings is 3. The summed E-state index contributed by atoms with van der Waals surface area (Å²) in [5.74, 6) is 3.07. The normalized spacial score (nSPS) is 10.9. The number of fused-ring (bicyclic) bond motifs is 1. The third kappa shape index (κ3) is 4.55. The summed E-state index contributed by atoms with van der Waals surface area (Å²) in [5.41, 5.74) is 3.70. The highest BCUT2D eigenvalue weighted by Crippen LogP contribution is 2.35. The van der Waals surface area contributed by atoms with E-state index < -0.39 is 0 Å². The highest BCUT2D eigenvalue weighted by molar-refractivity contribution is 5.87. The van der Waals surface area contributed by atoms with Crippen LogP contribution in [0.1, 0.15) is 22.5 Å². The van der Waals surface area contributed by atoms with Crippen LogP contribution in [0.4, 0.5) is 0 Å². The highest BCUT2D eigenvalue weighted by atomic mass is 16.5. The molecule has 0 atom stereocenters. The van der Waals surface area contributed by atoms with Gasteiger partial charge in [0.15, 0.2) is 11.3 Å². The van der Waals surface area contributed by atoms with Crippen LogP contribution in [-0.4, -0.2) is 19.1 Å². The van der Waals surface area contributed by atoms with Crippen LogP contribution in [0.5, 0.6) is 17.2 Å². The van der Waals surface area contributed by atoms with Crippen molar-refractivity contribution in [2.45, 2.75) is 20.0 Å². The number of nitrogens with zero attached hydrogens (tertiary/aromatic N) is 2. The van der Waals surface area contributed by atoms with E-state index in [0.29, 0.717) is 17.1 Å². The van der Waals surface area contributed by atoms with E-state index in [2.05, 4.69) is 36.2 Å². The molecule has 0 unspecified atom stereocenters. The van der Waals surface area contributed by atoms with Gasteiger partial charge in [-0.3, -0.25) is 4.90 Å². The zero-order valence-electron chi connectivity index (χ0n) is 17.9. The van der Waals surface area contributed by atoms with E-state index in [0.717, 1.165) is 41.1 Å². The predicted octanol–water partition coefficient (Wildman–Crippen LogP) is 6.05. The SMILES string of the molecule is COc1ccc(CN(C)Cc2c(C)oc3c(Oc4ccc(C#N)cc4)cccc23)cc1. The molecule has 31 heavy (non-hydrogen) atoms. The second-order valence-electron chi connectivity index (χ2n) is 7.53. The summed E-state index contributed by atoms with van der Waals surface area (Å²) < 4.78 is 17.4. The fraction of sp³-hybridized carbons (Fsp3) is 0.192. The summed E-state index contributed by atoms with van der Waals surface area (Å²) in [4.78, 5) is 2.26. The first-order chi connectivity index (χ1) is 15.1. The average Bonchev–Trinajstić information content (AvgIpc) is 3.11. The number of ether oxygens (including phenoxy) is 2. The summed E-state index contributed by atoms with van der Waals surface area (Å²) in [5, 5.41) is 10.0. The van der Waals surface area contributed by atoms with E-state index in [1.807, 2.05) is 31.2 Å². The van der Waals surface area contributed by atoms with Gasteiger partial charge in [0, 0.05) is 24.0 Å². The Kier molecular flexibility index (Phi) is 5.92. The molecular formula is C26H24N2O3. The first-order valence-corrected chi connectivity index (χ1v) is 10.1. The van der Waals surface area contributed by atoms with E-state index in [1.54, 1.807) is 31.4 Å². The molecule has 0 bridgehead atoms. The minimum atomic E-state index is 0.599. The molecule has 5 nitrogen and oxygen atoms in total. The van der Waals surface area contributed by atoms with Gasteiger partial charge in [-0.2, -0.15) is 5.26 Å². The van der Waals surface area contributed by atoms with Gasteiger partial charge in [-0.25, -0.2) is 0 Å². The molecule has 4 rings (SSSR count). The van der Waals surface area contributed by atoms with Crippen LogP contribution in [-0.2, 0) is 13.1 Å². The van der Waals surface area contributed by atoms with Gasteiger partial charge in [0.2, 0.25) is 0 Å². The van der Waals surface area contributed by atoms with E-state index in [-0.39, 0.29) is 0 Å². The van der Waals surface area contributed by atoms with Gasteiger partial charge < -0.3 is 13.9 Å². The predicted molar refractivity (Wildman–Crippen MR) is 120 cm³/mol. The Morgan fingerprint density at radius 3 is 2.32 bits per heavy atom. The van der Waals surface area contributed by atoms with Gasteiger partial charge in [0.05, 0.1) is 18.7 Å². The molecule has 0 radical (unpaired) electrons. The standard InChI is InChI=1S/C26H24N2O3/c1-18-24(17-28(2)16-20-9-11-21(29-3)12-10-20)23-5-4-6-25(26(23)30-18)31-22-13-7-19(15-27)8-14-22/h4-14H,16-17H2,1-3H3. The second-order valence-corrected chi connectivity index (χ2v) is 7.53. The molecule has 1 heterocycles. The summed E-state index contributed by atoms with van der Waals surface area (Å²) >= 11 is 0. The number of para-hydroxylation sites is 1. The Morgan fingerprint density at radius 1 is 0.935 bits per heavy atom. The molecule has 0 saturated carbocycles. The number of hydrogen-bond acceptors (Lipinski definition) is 5. The summed E-state index contributed by atoms with van der Waals surface area (Å²) in [7, 11) is 3.77.